The highest BCUT2D eigenvalue weighted by Gasteiger charge is 2.05. The van der Waals surface area contributed by atoms with E-state index in [1.54, 1.807) is 17.7 Å². The summed E-state index contributed by atoms with van der Waals surface area (Å²) in [5, 5.41) is 12.7. The maximum atomic E-state index is 8.74. The second-order valence-electron chi connectivity index (χ2n) is 4.24. The minimum atomic E-state index is 0.596. The SMILES string of the molecule is N#Cc1ccc(NCCC2=CCCC2)c(Cl)c1. The molecule has 1 aromatic rings. The maximum absolute atomic E-state index is 8.74. The number of halogens is 1. The van der Waals surface area contributed by atoms with Gasteiger partial charge in [0.2, 0.25) is 0 Å². The van der Waals surface area contributed by atoms with Crippen molar-refractivity contribution in [1.82, 2.24) is 0 Å². The fraction of sp³-hybridized carbons (Fsp3) is 0.357. The van der Waals surface area contributed by atoms with E-state index >= 15 is 0 Å². The van der Waals surface area contributed by atoms with Crippen LogP contribution in [-0.2, 0) is 0 Å². The van der Waals surface area contributed by atoms with Gasteiger partial charge in [-0.05, 0) is 43.9 Å². The highest BCUT2D eigenvalue weighted by Crippen LogP contribution is 2.24. The van der Waals surface area contributed by atoms with E-state index in [2.05, 4.69) is 17.5 Å². The fourth-order valence-electron chi connectivity index (χ4n) is 2.05. The zero-order valence-electron chi connectivity index (χ0n) is 9.67. The first kappa shape index (κ1) is 12.0. The molecule has 1 aromatic carbocycles. The summed E-state index contributed by atoms with van der Waals surface area (Å²) in [6.07, 6.45) is 7.18. The zero-order chi connectivity index (χ0) is 12.1. The highest BCUT2D eigenvalue weighted by molar-refractivity contribution is 6.33. The molecule has 0 aromatic heterocycles. The smallest absolute Gasteiger partial charge is 0.0992 e. The number of rotatable bonds is 4. The lowest BCUT2D eigenvalue weighted by molar-refractivity contribution is 0.863. The average molecular weight is 247 g/mol. The van der Waals surface area contributed by atoms with Crippen molar-refractivity contribution in [3.05, 3.63) is 40.4 Å². The third-order valence-corrected chi connectivity index (χ3v) is 3.31. The third-order valence-electron chi connectivity index (χ3n) is 2.99. The molecule has 0 spiro atoms. The predicted molar refractivity (Wildman–Crippen MR) is 71.2 cm³/mol. The van der Waals surface area contributed by atoms with Gasteiger partial charge in [-0.15, -0.1) is 0 Å². The standard InChI is InChI=1S/C14H15ClN2/c15-13-9-12(10-16)5-6-14(13)17-8-7-11-3-1-2-4-11/h3,5-6,9,17H,1-2,4,7-8H2. The summed E-state index contributed by atoms with van der Waals surface area (Å²) in [7, 11) is 0. The van der Waals surface area contributed by atoms with Gasteiger partial charge in [-0.3, -0.25) is 0 Å². The van der Waals surface area contributed by atoms with Gasteiger partial charge in [0.05, 0.1) is 22.3 Å². The Labute approximate surface area is 107 Å². The number of hydrogen-bond donors (Lipinski definition) is 1. The van der Waals surface area contributed by atoms with E-state index in [4.69, 9.17) is 16.9 Å². The zero-order valence-corrected chi connectivity index (χ0v) is 10.4. The lowest BCUT2D eigenvalue weighted by atomic mass is 10.1. The minimum Gasteiger partial charge on any atom is -0.384 e. The van der Waals surface area contributed by atoms with Crippen molar-refractivity contribution in [2.75, 3.05) is 11.9 Å². The molecule has 0 unspecified atom stereocenters. The van der Waals surface area contributed by atoms with Gasteiger partial charge in [-0.1, -0.05) is 23.3 Å². The number of nitriles is 1. The summed E-state index contributed by atoms with van der Waals surface area (Å²) in [6.45, 7) is 0.900. The lowest BCUT2D eigenvalue weighted by Crippen LogP contribution is -2.02. The Kier molecular flexibility index (Phi) is 4.06. The quantitative estimate of drug-likeness (QED) is 0.811. The Morgan fingerprint density at radius 1 is 1.41 bits per heavy atom. The molecule has 0 aliphatic heterocycles. The normalized spacial score (nSPS) is 14.2. The summed E-state index contributed by atoms with van der Waals surface area (Å²) in [4.78, 5) is 0. The van der Waals surface area contributed by atoms with Crippen molar-refractivity contribution in [2.45, 2.75) is 25.7 Å². The molecule has 0 saturated heterocycles. The van der Waals surface area contributed by atoms with Gasteiger partial charge in [0.15, 0.2) is 0 Å². The van der Waals surface area contributed by atoms with Crippen LogP contribution in [0.1, 0.15) is 31.2 Å². The molecule has 0 fully saturated rings. The fourth-order valence-corrected chi connectivity index (χ4v) is 2.30. The third kappa shape index (κ3) is 3.25. The van der Waals surface area contributed by atoms with Crippen LogP contribution < -0.4 is 5.32 Å². The first-order valence-electron chi connectivity index (χ1n) is 5.91. The van der Waals surface area contributed by atoms with Crippen LogP contribution in [0.2, 0.25) is 5.02 Å². The van der Waals surface area contributed by atoms with E-state index in [0.29, 0.717) is 10.6 Å². The summed E-state index contributed by atoms with van der Waals surface area (Å²) in [6, 6.07) is 7.41. The molecular formula is C14H15ClN2. The molecule has 0 atom stereocenters. The van der Waals surface area contributed by atoms with Crippen molar-refractivity contribution >= 4 is 17.3 Å². The van der Waals surface area contributed by atoms with Gasteiger partial charge in [-0.2, -0.15) is 5.26 Å². The molecule has 0 heterocycles. The summed E-state index contributed by atoms with van der Waals surface area (Å²) < 4.78 is 0. The second-order valence-corrected chi connectivity index (χ2v) is 4.65. The Hall–Kier alpha value is -1.46. The second kappa shape index (κ2) is 5.75. The molecule has 17 heavy (non-hydrogen) atoms. The monoisotopic (exact) mass is 246 g/mol. The summed E-state index contributed by atoms with van der Waals surface area (Å²) >= 11 is 6.08. The number of nitrogens with zero attached hydrogens (tertiary/aromatic N) is 1. The van der Waals surface area contributed by atoms with Gasteiger partial charge in [0.1, 0.15) is 0 Å². The summed E-state index contributed by atoms with van der Waals surface area (Å²) in [5.74, 6) is 0. The number of nitrogens with one attached hydrogen (secondary N) is 1. The van der Waals surface area contributed by atoms with E-state index < -0.39 is 0 Å². The molecule has 1 aliphatic rings. The van der Waals surface area contributed by atoms with Crippen LogP contribution in [-0.4, -0.2) is 6.54 Å². The van der Waals surface area contributed by atoms with Gasteiger partial charge in [-0.25, -0.2) is 0 Å². The molecular weight excluding hydrogens is 232 g/mol. The van der Waals surface area contributed by atoms with Crippen LogP contribution in [0.25, 0.3) is 0 Å². The molecule has 0 radical (unpaired) electrons. The Balaban J connectivity index is 1.88. The molecule has 2 nitrogen and oxygen atoms in total. The number of benzene rings is 1. The van der Waals surface area contributed by atoms with Crippen LogP contribution in [0.4, 0.5) is 5.69 Å². The van der Waals surface area contributed by atoms with Crippen molar-refractivity contribution in [3.8, 4) is 6.07 Å². The highest BCUT2D eigenvalue weighted by atomic mass is 35.5. The summed E-state index contributed by atoms with van der Waals surface area (Å²) in [5.41, 5.74) is 3.05. The van der Waals surface area contributed by atoms with Crippen LogP contribution >= 0.6 is 11.6 Å². The molecule has 3 heteroatoms. The Morgan fingerprint density at radius 3 is 2.94 bits per heavy atom. The first-order chi connectivity index (χ1) is 8.29. The van der Waals surface area contributed by atoms with E-state index in [1.165, 1.54) is 19.3 Å². The molecule has 0 amide bonds. The lowest BCUT2D eigenvalue weighted by Gasteiger charge is -2.08. The maximum Gasteiger partial charge on any atom is 0.0992 e. The predicted octanol–water partition coefficient (Wildman–Crippen LogP) is 4.12. The molecule has 0 saturated carbocycles. The van der Waals surface area contributed by atoms with Crippen molar-refractivity contribution in [3.63, 3.8) is 0 Å². The Morgan fingerprint density at radius 2 is 2.29 bits per heavy atom. The van der Waals surface area contributed by atoms with E-state index in [1.807, 2.05) is 6.07 Å². The molecule has 0 bridgehead atoms. The van der Waals surface area contributed by atoms with Gasteiger partial charge < -0.3 is 5.32 Å². The van der Waals surface area contributed by atoms with Gasteiger partial charge in [0.25, 0.3) is 0 Å². The topological polar surface area (TPSA) is 35.8 Å². The van der Waals surface area contributed by atoms with Crippen LogP contribution in [0.3, 0.4) is 0 Å². The molecule has 1 N–H and O–H groups in total. The minimum absolute atomic E-state index is 0.596. The van der Waals surface area contributed by atoms with E-state index in [-0.39, 0.29) is 0 Å². The number of anilines is 1. The van der Waals surface area contributed by atoms with Gasteiger partial charge in [0, 0.05) is 6.54 Å². The average Bonchev–Trinajstić information content (AvgIpc) is 2.84. The van der Waals surface area contributed by atoms with Crippen LogP contribution in [0, 0.1) is 11.3 Å². The van der Waals surface area contributed by atoms with Crippen LogP contribution in [0.5, 0.6) is 0 Å². The molecule has 2 rings (SSSR count). The van der Waals surface area contributed by atoms with Crippen molar-refractivity contribution in [1.29, 1.82) is 5.26 Å². The Bertz CT molecular complexity index is 472. The van der Waals surface area contributed by atoms with Crippen LogP contribution in [0.15, 0.2) is 29.8 Å². The first-order valence-corrected chi connectivity index (χ1v) is 6.29. The number of hydrogen-bond acceptors (Lipinski definition) is 2. The van der Waals surface area contributed by atoms with Crippen molar-refractivity contribution in [2.24, 2.45) is 0 Å². The molecule has 1 aliphatic carbocycles. The van der Waals surface area contributed by atoms with E-state index in [0.717, 1.165) is 18.7 Å². The molecule has 88 valence electrons. The van der Waals surface area contributed by atoms with Crippen molar-refractivity contribution < 1.29 is 0 Å². The largest absolute Gasteiger partial charge is 0.384 e. The van der Waals surface area contributed by atoms with Gasteiger partial charge >= 0.3 is 0 Å². The van der Waals surface area contributed by atoms with E-state index in [9.17, 15) is 0 Å². The number of allylic oxidation sites excluding steroid dienone is 1.